The highest BCUT2D eigenvalue weighted by molar-refractivity contribution is 5.90. The number of likely N-dealkylation sites (tertiary alicyclic amines) is 1. The van der Waals surface area contributed by atoms with E-state index in [1.54, 1.807) is 22.9 Å². The second kappa shape index (κ2) is 8.83. The van der Waals surface area contributed by atoms with Crippen LogP contribution in [0.2, 0.25) is 0 Å². The van der Waals surface area contributed by atoms with Crippen LogP contribution in [-0.4, -0.2) is 63.5 Å². The molecule has 0 unspecified atom stereocenters. The monoisotopic (exact) mass is 408 g/mol. The van der Waals surface area contributed by atoms with Gasteiger partial charge < -0.3 is 20.1 Å². The first-order valence-electron chi connectivity index (χ1n) is 10.2. The molecule has 0 bridgehead atoms. The largest absolute Gasteiger partial charge is 0.391 e. The zero-order chi connectivity index (χ0) is 22.0. The SMILES string of the molecule is COCCn1cc([C@@H]2[C@H](C(=O)NC[C@@H](O)C(C)(C)C)CC(=O)N2C(C)(C)C)cn1. The summed E-state index contributed by atoms with van der Waals surface area (Å²) in [5, 5.41) is 17.5. The molecule has 8 nitrogen and oxygen atoms in total. The van der Waals surface area contributed by atoms with Crippen LogP contribution in [0.1, 0.15) is 59.6 Å². The Bertz CT molecular complexity index is 717. The predicted molar refractivity (Wildman–Crippen MR) is 110 cm³/mol. The number of hydrogen-bond acceptors (Lipinski definition) is 5. The Morgan fingerprint density at radius 3 is 2.55 bits per heavy atom. The van der Waals surface area contributed by atoms with Crippen LogP contribution in [0.3, 0.4) is 0 Å². The lowest BCUT2D eigenvalue weighted by molar-refractivity contribution is -0.133. The first-order valence-corrected chi connectivity index (χ1v) is 10.2. The number of rotatable bonds is 7. The summed E-state index contributed by atoms with van der Waals surface area (Å²) in [6.07, 6.45) is 3.08. The van der Waals surface area contributed by atoms with Crippen molar-refractivity contribution in [3.8, 4) is 0 Å². The molecule has 0 radical (unpaired) electrons. The van der Waals surface area contributed by atoms with Crippen molar-refractivity contribution in [2.75, 3.05) is 20.3 Å². The fourth-order valence-electron chi connectivity index (χ4n) is 3.62. The molecule has 29 heavy (non-hydrogen) atoms. The van der Waals surface area contributed by atoms with Gasteiger partial charge in [-0.15, -0.1) is 0 Å². The minimum Gasteiger partial charge on any atom is -0.391 e. The van der Waals surface area contributed by atoms with Gasteiger partial charge in [-0.2, -0.15) is 5.10 Å². The molecule has 1 saturated heterocycles. The Morgan fingerprint density at radius 1 is 1.34 bits per heavy atom. The van der Waals surface area contributed by atoms with E-state index in [0.29, 0.717) is 13.2 Å². The van der Waals surface area contributed by atoms with Crippen molar-refractivity contribution >= 4 is 11.8 Å². The fraction of sp³-hybridized carbons (Fsp3) is 0.762. The molecular weight excluding hydrogens is 372 g/mol. The molecule has 2 amide bonds. The Kier molecular flexibility index (Phi) is 7.11. The van der Waals surface area contributed by atoms with Crippen LogP contribution in [0, 0.1) is 11.3 Å². The second-order valence-corrected chi connectivity index (χ2v) is 9.85. The van der Waals surface area contributed by atoms with Crippen molar-refractivity contribution in [1.82, 2.24) is 20.0 Å². The predicted octanol–water partition coefficient (Wildman–Crippen LogP) is 1.74. The summed E-state index contributed by atoms with van der Waals surface area (Å²) in [5.41, 5.74) is 0.0624. The van der Waals surface area contributed by atoms with Gasteiger partial charge in [0.25, 0.3) is 0 Å². The number of carbonyl (C=O) groups is 2. The van der Waals surface area contributed by atoms with Crippen LogP contribution in [-0.2, 0) is 20.9 Å². The third-order valence-electron chi connectivity index (χ3n) is 5.37. The Labute approximate surface area is 173 Å². The number of carbonyl (C=O) groups excluding carboxylic acids is 2. The number of hydrogen-bond donors (Lipinski definition) is 2. The van der Waals surface area contributed by atoms with E-state index < -0.39 is 23.6 Å². The van der Waals surface area contributed by atoms with Gasteiger partial charge in [-0.25, -0.2) is 0 Å². The molecule has 0 aromatic carbocycles. The maximum Gasteiger partial charge on any atom is 0.226 e. The summed E-state index contributed by atoms with van der Waals surface area (Å²) in [6.45, 7) is 12.9. The van der Waals surface area contributed by atoms with Crippen molar-refractivity contribution < 1.29 is 19.4 Å². The van der Waals surface area contributed by atoms with Crippen LogP contribution < -0.4 is 5.32 Å². The van der Waals surface area contributed by atoms with Crippen LogP contribution in [0.15, 0.2) is 12.4 Å². The molecule has 1 aliphatic heterocycles. The summed E-state index contributed by atoms with van der Waals surface area (Å²) in [4.78, 5) is 27.6. The van der Waals surface area contributed by atoms with Gasteiger partial charge in [0.2, 0.25) is 11.8 Å². The summed E-state index contributed by atoms with van der Waals surface area (Å²) < 4.78 is 6.87. The Balaban J connectivity index is 2.26. The minimum absolute atomic E-state index is 0.0522. The maximum atomic E-state index is 13.0. The molecule has 1 aromatic heterocycles. The van der Waals surface area contributed by atoms with E-state index in [2.05, 4.69) is 10.4 Å². The molecule has 0 saturated carbocycles. The number of ether oxygens (including phenoxy) is 1. The molecule has 3 atom stereocenters. The van der Waals surface area contributed by atoms with Gasteiger partial charge in [-0.1, -0.05) is 20.8 Å². The summed E-state index contributed by atoms with van der Waals surface area (Å²) >= 11 is 0. The average Bonchev–Trinajstić information content (AvgIpc) is 3.20. The number of aromatic nitrogens is 2. The van der Waals surface area contributed by atoms with Gasteiger partial charge in [0.05, 0.1) is 37.4 Å². The van der Waals surface area contributed by atoms with Gasteiger partial charge in [0.15, 0.2) is 0 Å². The molecular formula is C21H36N4O4. The van der Waals surface area contributed by atoms with E-state index in [0.717, 1.165) is 5.56 Å². The molecule has 0 aliphatic carbocycles. The number of aliphatic hydroxyl groups is 1. The molecule has 0 spiro atoms. The summed E-state index contributed by atoms with van der Waals surface area (Å²) in [6, 6.07) is -0.398. The van der Waals surface area contributed by atoms with Crippen LogP contribution >= 0.6 is 0 Å². The zero-order valence-electron chi connectivity index (χ0n) is 18.7. The fourth-order valence-corrected chi connectivity index (χ4v) is 3.62. The highest BCUT2D eigenvalue weighted by Gasteiger charge is 2.49. The first kappa shape index (κ1) is 23.3. The zero-order valence-corrected chi connectivity index (χ0v) is 18.7. The van der Waals surface area contributed by atoms with E-state index in [4.69, 9.17) is 4.74 Å². The van der Waals surface area contributed by atoms with E-state index >= 15 is 0 Å². The Morgan fingerprint density at radius 2 is 2.00 bits per heavy atom. The van der Waals surface area contributed by atoms with Gasteiger partial charge >= 0.3 is 0 Å². The van der Waals surface area contributed by atoms with Crippen LogP contribution in [0.5, 0.6) is 0 Å². The molecule has 1 aromatic rings. The Hall–Kier alpha value is -1.93. The minimum atomic E-state index is -0.669. The summed E-state index contributed by atoms with van der Waals surface area (Å²) in [7, 11) is 1.63. The molecule has 2 rings (SSSR count). The van der Waals surface area contributed by atoms with E-state index in [9.17, 15) is 14.7 Å². The second-order valence-electron chi connectivity index (χ2n) is 9.85. The number of nitrogens with zero attached hydrogens (tertiary/aromatic N) is 3. The normalized spacial score (nSPS) is 21.5. The topological polar surface area (TPSA) is 96.7 Å². The van der Waals surface area contributed by atoms with Crippen molar-refractivity contribution in [1.29, 1.82) is 0 Å². The molecule has 2 heterocycles. The maximum absolute atomic E-state index is 13.0. The smallest absolute Gasteiger partial charge is 0.226 e. The molecule has 164 valence electrons. The van der Waals surface area contributed by atoms with E-state index in [-0.39, 0.29) is 30.2 Å². The first-order chi connectivity index (χ1) is 13.4. The number of aliphatic hydroxyl groups excluding tert-OH is 1. The van der Waals surface area contributed by atoms with E-state index in [1.165, 1.54) is 0 Å². The lowest BCUT2D eigenvalue weighted by atomic mass is 9.88. The number of nitrogens with one attached hydrogen (secondary N) is 1. The molecule has 1 fully saturated rings. The van der Waals surface area contributed by atoms with Crippen molar-refractivity contribution in [2.24, 2.45) is 11.3 Å². The lowest BCUT2D eigenvalue weighted by Gasteiger charge is -2.38. The van der Waals surface area contributed by atoms with Crippen molar-refractivity contribution in [2.45, 2.75) is 72.2 Å². The highest BCUT2D eigenvalue weighted by atomic mass is 16.5. The molecule has 1 aliphatic rings. The van der Waals surface area contributed by atoms with Crippen molar-refractivity contribution in [3.63, 3.8) is 0 Å². The third kappa shape index (κ3) is 5.57. The standard InChI is InChI=1S/C21H36N4O4/c1-20(2,3)16(26)12-22-19(28)15-10-17(27)25(21(4,5)6)18(15)14-11-23-24(13-14)8-9-29-7/h11,13,15-16,18,26H,8-10,12H2,1-7H3,(H,22,28)/t15-,16-,18-/m1/s1. The molecule has 8 heteroatoms. The number of methoxy groups -OCH3 is 1. The van der Waals surface area contributed by atoms with Gasteiger partial charge in [0, 0.05) is 37.4 Å². The quantitative estimate of drug-likeness (QED) is 0.716. The molecule has 2 N–H and O–H groups in total. The van der Waals surface area contributed by atoms with Gasteiger partial charge in [-0.05, 0) is 26.2 Å². The lowest BCUT2D eigenvalue weighted by Crippen LogP contribution is -2.46. The van der Waals surface area contributed by atoms with Crippen LogP contribution in [0.4, 0.5) is 0 Å². The average molecular weight is 409 g/mol. The van der Waals surface area contributed by atoms with Gasteiger partial charge in [-0.3, -0.25) is 14.3 Å². The number of amides is 2. The van der Waals surface area contributed by atoms with Gasteiger partial charge in [0.1, 0.15) is 0 Å². The van der Waals surface area contributed by atoms with Crippen molar-refractivity contribution in [3.05, 3.63) is 18.0 Å². The van der Waals surface area contributed by atoms with Crippen LogP contribution in [0.25, 0.3) is 0 Å². The highest BCUT2D eigenvalue weighted by Crippen LogP contribution is 2.42. The third-order valence-corrected chi connectivity index (χ3v) is 5.37. The van der Waals surface area contributed by atoms with E-state index in [1.807, 2.05) is 47.7 Å². The summed E-state index contributed by atoms with van der Waals surface area (Å²) in [5.74, 6) is -0.805.